The molecular formula is C30H35N3O3. The number of fused-ring (bicyclic) bond motifs is 2. The number of nitrogens with zero attached hydrogens (tertiary/aromatic N) is 2. The van der Waals surface area contributed by atoms with Crippen LogP contribution in [0.3, 0.4) is 0 Å². The van der Waals surface area contributed by atoms with Crippen molar-refractivity contribution in [3.05, 3.63) is 77.0 Å². The standard InChI is InChI=1S/C30H35N3O3/c1-20-9-8-14-25(21(20)2)32-28(34)19-36-30(35)29-23-12-6-7-13-26(23)31-27-15-16-33(18-24(27)29)17-22-10-4-3-5-11-22/h3-7,10-13,20-21,25H,8-9,14-19H2,1-2H3,(H,32,34). The molecule has 5 rings (SSSR count). The van der Waals surface area contributed by atoms with Crippen LogP contribution in [0.4, 0.5) is 0 Å². The first-order valence-electron chi connectivity index (χ1n) is 13.1. The SMILES string of the molecule is CC1CCCC(NC(=O)COC(=O)c2c3c(nc4ccccc24)CCN(Cc2ccccc2)C3)C1C. The molecule has 1 N–H and O–H groups in total. The summed E-state index contributed by atoms with van der Waals surface area (Å²) >= 11 is 0. The molecule has 1 fully saturated rings. The smallest absolute Gasteiger partial charge is 0.339 e. The third-order valence-corrected chi connectivity index (χ3v) is 7.97. The fourth-order valence-corrected chi connectivity index (χ4v) is 5.69. The summed E-state index contributed by atoms with van der Waals surface area (Å²) in [5.41, 5.74) is 4.42. The van der Waals surface area contributed by atoms with E-state index in [1.807, 2.05) is 42.5 Å². The van der Waals surface area contributed by atoms with Gasteiger partial charge >= 0.3 is 5.97 Å². The molecule has 0 radical (unpaired) electrons. The minimum absolute atomic E-state index is 0.140. The van der Waals surface area contributed by atoms with Gasteiger partial charge < -0.3 is 10.1 Å². The number of aromatic nitrogens is 1. The van der Waals surface area contributed by atoms with Crippen molar-refractivity contribution < 1.29 is 14.3 Å². The summed E-state index contributed by atoms with van der Waals surface area (Å²) in [7, 11) is 0. The van der Waals surface area contributed by atoms with Crippen molar-refractivity contribution in [2.45, 2.75) is 58.7 Å². The lowest BCUT2D eigenvalue weighted by molar-refractivity contribution is -0.125. The third kappa shape index (κ3) is 5.29. The van der Waals surface area contributed by atoms with Crippen LogP contribution in [0.1, 0.15) is 60.3 Å². The number of carbonyl (C=O) groups is 2. The van der Waals surface area contributed by atoms with Crippen LogP contribution in [0.2, 0.25) is 0 Å². The second-order valence-electron chi connectivity index (χ2n) is 10.4. The van der Waals surface area contributed by atoms with Crippen LogP contribution < -0.4 is 5.32 Å². The van der Waals surface area contributed by atoms with Gasteiger partial charge in [0.25, 0.3) is 5.91 Å². The molecule has 0 bridgehead atoms. The maximum absolute atomic E-state index is 13.5. The molecule has 3 atom stereocenters. The molecule has 6 heteroatoms. The number of hydrogen-bond acceptors (Lipinski definition) is 5. The number of nitrogens with one attached hydrogen (secondary N) is 1. The monoisotopic (exact) mass is 485 g/mol. The summed E-state index contributed by atoms with van der Waals surface area (Å²) in [6.07, 6.45) is 4.06. The number of para-hydroxylation sites is 1. The van der Waals surface area contributed by atoms with Gasteiger partial charge in [-0.15, -0.1) is 0 Å². The first kappa shape index (κ1) is 24.4. The molecule has 2 heterocycles. The molecule has 1 amide bonds. The minimum Gasteiger partial charge on any atom is -0.452 e. The van der Waals surface area contributed by atoms with E-state index in [-0.39, 0.29) is 18.6 Å². The number of ether oxygens (including phenoxy) is 1. The maximum Gasteiger partial charge on any atom is 0.339 e. The maximum atomic E-state index is 13.5. The van der Waals surface area contributed by atoms with Crippen molar-refractivity contribution in [2.75, 3.05) is 13.2 Å². The summed E-state index contributed by atoms with van der Waals surface area (Å²) in [4.78, 5) is 33.4. The molecule has 1 aliphatic heterocycles. The highest BCUT2D eigenvalue weighted by atomic mass is 16.5. The Hall–Kier alpha value is -3.25. The molecule has 1 aromatic heterocycles. The van der Waals surface area contributed by atoms with Gasteiger partial charge in [0.2, 0.25) is 0 Å². The Balaban J connectivity index is 1.34. The number of amides is 1. The van der Waals surface area contributed by atoms with Crippen LogP contribution >= 0.6 is 0 Å². The zero-order chi connectivity index (χ0) is 25.1. The van der Waals surface area contributed by atoms with Gasteiger partial charge in [-0.2, -0.15) is 0 Å². The Morgan fingerprint density at radius 1 is 1.06 bits per heavy atom. The molecular weight excluding hydrogens is 450 g/mol. The van der Waals surface area contributed by atoms with Crippen LogP contribution in [0.15, 0.2) is 54.6 Å². The Bertz CT molecular complexity index is 1240. The molecule has 0 saturated heterocycles. The van der Waals surface area contributed by atoms with Crippen molar-refractivity contribution in [2.24, 2.45) is 11.8 Å². The van der Waals surface area contributed by atoms with Crippen molar-refractivity contribution in [1.29, 1.82) is 0 Å². The van der Waals surface area contributed by atoms with Crippen molar-refractivity contribution >= 4 is 22.8 Å². The molecule has 2 aliphatic rings. The molecule has 0 spiro atoms. The molecule has 2 aromatic carbocycles. The lowest BCUT2D eigenvalue weighted by Gasteiger charge is -2.34. The lowest BCUT2D eigenvalue weighted by Crippen LogP contribution is -2.45. The minimum atomic E-state index is -0.452. The van der Waals surface area contributed by atoms with Crippen molar-refractivity contribution in [3.63, 3.8) is 0 Å². The van der Waals surface area contributed by atoms with Gasteiger partial charge in [0.05, 0.1) is 11.1 Å². The predicted molar refractivity (Wildman–Crippen MR) is 140 cm³/mol. The number of benzene rings is 2. The normalized spacial score (nSPS) is 22.1. The van der Waals surface area contributed by atoms with Gasteiger partial charge in [-0.3, -0.25) is 14.7 Å². The van der Waals surface area contributed by atoms with Crippen LogP contribution in [0, 0.1) is 11.8 Å². The number of carbonyl (C=O) groups excluding carboxylic acids is 2. The molecule has 188 valence electrons. The van der Waals surface area contributed by atoms with Crippen LogP contribution in [-0.4, -0.2) is 41.0 Å². The molecule has 1 aliphatic carbocycles. The van der Waals surface area contributed by atoms with Crippen LogP contribution in [0.5, 0.6) is 0 Å². The molecule has 3 aromatic rings. The van der Waals surface area contributed by atoms with E-state index in [0.29, 0.717) is 23.9 Å². The average molecular weight is 486 g/mol. The molecule has 1 saturated carbocycles. The van der Waals surface area contributed by atoms with Crippen LogP contribution in [0.25, 0.3) is 10.9 Å². The van der Waals surface area contributed by atoms with Gasteiger partial charge in [0.15, 0.2) is 6.61 Å². The Morgan fingerprint density at radius 3 is 2.67 bits per heavy atom. The second kappa shape index (κ2) is 10.8. The summed E-state index contributed by atoms with van der Waals surface area (Å²) < 4.78 is 5.62. The van der Waals surface area contributed by atoms with E-state index in [1.165, 1.54) is 12.0 Å². The Kier molecular flexibility index (Phi) is 7.33. The van der Waals surface area contributed by atoms with Gasteiger partial charge in [-0.05, 0) is 29.9 Å². The topological polar surface area (TPSA) is 71.5 Å². The van der Waals surface area contributed by atoms with E-state index < -0.39 is 5.97 Å². The average Bonchev–Trinajstić information content (AvgIpc) is 2.89. The van der Waals surface area contributed by atoms with Gasteiger partial charge in [0, 0.05) is 48.7 Å². The van der Waals surface area contributed by atoms with Crippen molar-refractivity contribution in [1.82, 2.24) is 15.2 Å². The number of rotatable bonds is 6. The fraction of sp³-hybridized carbons (Fsp3) is 0.433. The zero-order valence-electron chi connectivity index (χ0n) is 21.2. The highest BCUT2D eigenvalue weighted by Crippen LogP contribution is 2.31. The van der Waals surface area contributed by atoms with Crippen LogP contribution in [-0.2, 0) is 29.0 Å². The summed E-state index contributed by atoms with van der Waals surface area (Å²) in [6, 6.07) is 18.2. The number of esters is 1. The Labute approximate surface area is 213 Å². The number of pyridine rings is 1. The first-order valence-corrected chi connectivity index (χ1v) is 13.1. The molecule has 6 nitrogen and oxygen atoms in total. The van der Waals surface area contributed by atoms with Crippen molar-refractivity contribution in [3.8, 4) is 0 Å². The largest absolute Gasteiger partial charge is 0.452 e. The summed E-state index contributed by atoms with van der Waals surface area (Å²) in [6.45, 7) is 6.47. The van der Waals surface area contributed by atoms with E-state index in [9.17, 15) is 9.59 Å². The van der Waals surface area contributed by atoms with E-state index in [1.54, 1.807) is 0 Å². The van der Waals surface area contributed by atoms with E-state index >= 15 is 0 Å². The molecule has 3 unspecified atom stereocenters. The summed E-state index contributed by atoms with van der Waals surface area (Å²) in [5.74, 6) is 0.323. The van der Waals surface area contributed by atoms with E-state index in [4.69, 9.17) is 9.72 Å². The third-order valence-electron chi connectivity index (χ3n) is 7.97. The van der Waals surface area contributed by atoms with E-state index in [0.717, 1.165) is 54.5 Å². The van der Waals surface area contributed by atoms with Gasteiger partial charge in [-0.25, -0.2) is 4.79 Å². The van der Waals surface area contributed by atoms with E-state index in [2.05, 4.69) is 36.2 Å². The molecule has 36 heavy (non-hydrogen) atoms. The zero-order valence-corrected chi connectivity index (χ0v) is 21.2. The predicted octanol–water partition coefficient (Wildman–Crippen LogP) is 4.89. The van der Waals surface area contributed by atoms with Gasteiger partial charge in [-0.1, -0.05) is 75.2 Å². The fourth-order valence-electron chi connectivity index (χ4n) is 5.69. The quantitative estimate of drug-likeness (QED) is 0.504. The highest BCUT2D eigenvalue weighted by molar-refractivity contribution is 6.05. The first-order chi connectivity index (χ1) is 17.5. The number of hydrogen-bond donors (Lipinski definition) is 1. The summed E-state index contributed by atoms with van der Waals surface area (Å²) in [5, 5.41) is 3.88. The lowest BCUT2D eigenvalue weighted by atomic mass is 9.78. The van der Waals surface area contributed by atoms with Gasteiger partial charge in [0.1, 0.15) is 0 Å². The second-order valence-corrected chi connectivity index (χ2v) is 10.4. The Morgan fingerprint density at radius 2 is 1.83 bits per heavy atom. The highest BCUT2D eigenvalue weighted by Gasteiger charge is 2.30.